The van der Waals surface area contributed by atoms with Crippen LogP contribution in [0.3, 0.4) is 0 Å². The second-order valence-electron chi connectivity index (χ2n) is 8.28. The highest BCUT2D eigenvalue weighted by Crippen LogP contribution is 2.23. The van der Waals surface area contributed by atoms with Crippen LogP contribution in [0.2, 0.25) is 0 Å². The number of carbonyl (C=O) groups is 2. The normalized spacial score (nSPS) is 16.5. The second kappa shape index (κ2) is 10.0. The Morgan fingerprint density at radius 1 is 1.24 bits per heavy atom. The van der Waals surface area contributed by atoms with Gasteiger partial charge in [0.05, 0.1) is 25.0 Å². The highest BCUT2D eigenvalue weighted by atomic mass is 16.5. The molecule has 0 spiro atoms. The molecule has 8 heteroatoms. The molecule has 1 aliphatic rings. The zero-order valence-corrected chi connectivity index (χ0v) is 19.3. The molecule has 4 rings (SSSR count). The lowest BCUT2D eigenvalue weighted by Gasteiger charge is -2.33. The molecule has 1 amide bonds. The number of likely N-dealkylation sites (tertiary alicyclic amines) is 1. The molecule has 2 aromatic heterocycles. The molecule has 0 unspecified atom stereocenters. The maximum atomic E-state index is 13.2. The average Bonchev–Trinajstić information content (AvgIpc) is 3.16. The Balaban J connectivity index is 1.45. The van der Waals surface area contributed by atoms with Gasteiger partial charge < -0.3 is 14.8 Å². The van der Waals surface area contributed by atoms with E-state index in [2.05, 4.69) is 15.2 Å². The number of nitrogens with one attached hydrogen (secondary N) is 1. The number of methoxy groups -OCH3 is 1. The standard InChI is InChI=1S/C25H30N4O4/c1-4-33-21-11-7-13-29-22(17(2)26-23(21)29)24(30)27-20-10-6-12-28(16-20)15-18-8-5-9-19(14-18)25(31)32-3/h5,7-9,11,13-14,20H,4,6,10,12,15-16H2,1-3H3,(H,27,30)/t20-/m0/s1. The number of carbonyl (C=O) groups excluding carboxylic acids is 2. The number of fused-ring (bicyclic) bond motifs is 1. The van der Waals surface area contributed by atoms with Crippen LogP contribution in [-0.2, 0) is 11.3 Å². The zero-order valence-electron chi connectivity index (χ0n) is 19.3. The minimum absolute atomic E-state index is 0.0371. The Bertz CT molecular complexity index is 1160. The van der Waals surface area contributed by atoms with E-state index in [9.17, 15) is 9.59 Å². The van der Waals surface area contributed by atoms with Crippen molar-refractivity contribution in [3.63, 3.8) is 0 Å². The van der Waals surface area contributed by atoms with Gasteiger partial charge >= 0.3 is 5.97 Å². The monoisotopic (exact) mass is 450 g/mol. The van der Waals surface area contributed by atoms with Crippen molar-refractivity contribution in [1.29, 1.82) is 0 Å². The van der Waals surface area contributed by atoms with Crippen LogP contribution in [0, 0.1) is 6.92 Å². The van der Waals surface area contributed by atoms with E-state index in [4.69, 9.17) is 9.47 Å². The number of aryl methyl sites for hydroxylation is 1. The number of aromatic nitrogens is 2. The van der Waals surface area contributed by atoms with Crippen LogP contribution < -0.4 is 10.1 Å². The fourth-order valence-corrected chi connectivity index (χ4v) is 4.44. The summed E-state index contributed by atoms with van der Waals surface area (Å²) in [5, 5.41) is 3.20. The van der Waals surface area contributed by atoms with E-state index in [0.29, 0.717) is 41.5 Å². The first-order valence-electron chi connectivity index (χ1n) is 11.3. The van der Waals surface area contributed by atoms with Gasteiger partial charge in [-0.15, -0.1) is 0 Å². The molecule has 0 saturated carbocycles. The molecule has 1 N–H and O–H groups in total. The molecular formula is C25H30N4O4. The second-order valence-corrected chi connectivity index (χ2v) is 8.28. The van der Waals surface area contributed by atoms with E-state index in [-0.39, 0.29) is 17.9 Å². The summed E-state index contributed by atoms with van der Waals surface area (Å²) in [6.07, 6.45) is 3.75. The van der Waals surface area contributed by atoms with Gasteiger partial charge in [0.1, 0.15) is 5.69 Å². The first-order chi connectivity index (χ1) is 16.0. The van der Waals surface area contributed by atoms with Gasteiger partial charge in [0.15, 0.2) is 11.4 Å². The summed E-state index contributed by atoms with van der Waals surface area (Å²) >= 11 is 0. The number of imidazole rings is 1. The lowest BCUT2D eigenvalue weighted by atomic mass is 10.0. The highest BCUT2D eigenvalue weighted by Gasteiger charge is 2.25. The molecule has 1 atom stereocenters. The van der Waals surface area contributed by atoms with Gasteiger partial charge in [-0.3, -0.25) is 14.1 Å². The number of nitrogens with zero attached hydrogens (tertiary/aromatic N) is 3. The molecular weight excluding hydrogens is 420 g/mol. The van der Waals surface area contributed by atoms with E-state index in [1.807, 2.05) is 50.4 Å². The zero-order chi connectivity index (χ0) is 23.4. The molecule has 1 aliphatic heterocycles. The largest absolute Gasteiger partial charge is 0.490 e. The highest BCUT2D eigenvalue weighted by molar-refractivity contribution is 5.95. The van der Waals surface area contributed by atoms with Crippen molar-refractivity contribution in [3.8, 4) is 5.75 Å². The Morgan fingerprint density at radius 3 is 2.88 bits per heavy atom. The number of esters is 1. The smallest absolute Gasteiger partial charge is 0.337 e. The Labute approximate surface area is 193 Å². The summed E-state index contributed by atoms with van der Waals surface area (Å²) in [6, 6.07) is 11.3. The molecule has 3 aromatic rings. The number of pyridine rings is 1. The summed E-state index contributed by atoms with van der Waals surface area (Å²) in [5.74, 6) is 0.199. The lowest BCUT2D eigenvalue weighted by Crippen LogP contribution is -2.47. The molecule has 8 nitrogen and oxygen atoms in total. The molecule has 0 aliphatic carbocycles. The molecule has 0 bridgehead atoms. The van der Waals surface area contributed by atoms with E-state index >= 15 is 0 Å². The van der Waals surface area contributed by atoms with Crippen molar-refractivity contribution in [2.24, 2.45) is 0 Å². The van der Waals surface area contributed by atoms with E-state index in [1.165, 1.54) is 7.11 Å². The molecule has 1 saturated heterocycles. The molecule has 0 radical (unpaired) electrons. The van der Waals surface area contributed by atoms with Gasteiger partial charge in [-0.25, -0.2) is 9.78 Å². The van der Waals surface area contributed by atoms with Crippen molar-refractivity contribution in [2.75, 3.05) is 26.8 Å². The fourth-order valence-electron chi connectivity index (χ4n) is 4.44. The van der Waals surface area contributed by atoms with Crippen LogP contribution in [0.15, 0.2) is 42.6 Å². The van der Waals surface area contributed by atoms with Crippen molar-refractivity contribution < 1.29 is 19.1 Å². The Hall–Kier alpha value is -3.39. The molecule has 33 heavy (non-hydrogen) atoms. The third-order valence-electron chi connectivity index (χ3n) is 5.90. The number of rotatable bonds is 7. The maximum Gasteiger partial charge on any atom is 0.337 e. The average molecular weight is 451 g/mol. The third kappa shape index (κ3) is 5.01. The summed E-state index contributed by atoms with van der Waals surface area (Å²) in [6.45, 7) is 6.71. The molecule has 174 valence electrons. The molecule has 3 heterocycles. The molecule has 1 fully saturated rings. The SMILES string of the molecule is CCOc1cccn2c(C(=O)N[C@H]3CCCN(Cc4cccc(C(=O)OC)c4)C3)c(C)nc12. The number of hydrogen-bond acceptors (Lipinski definition) is 6. The first kappa shape index (κ1) is 22.8. The quantitative estimate of drug-likeness (QED) is 0.557. The number of benzene rings is 1. The van der Waals surface area contributed by atoms with E-state index in [1.54, 1.807) is 10.5 Å². The van der Waals surface area contributed by atoms with Crippen molar-refractivity contribution in [2.45, 2.75) is 39.3 Å². The predicted molar refractivity (Wildman–Crippen MR) is 125 cm³/mol. The van der Waals surface area contributed by atoms with E-state index < -0.39 is 0 Å². The van der Waals surface area contributed by atoms with Crippen LogP contribution >= 0.6 is 0 Å². The summed E-state index contributed by atoms with van der Waals surface area (Å²) in [5.41, 5.74) is 3.46. The van der Waals surface area contributed by atoms with Crippen LogP contribution in [0.25, 0.3) is 5.65 Å². The maximum absolute atomic E-state index is 13.2. The van der Waals surface area contributed by atoms with Gasteiger partial charge in [-0.05, 0) is 63.1 Å². The Morgan fingerprint density at radius 2 is 2.09 bits per heavy atom. The minimum Gasteiger partial charge on any atom is -0.490 e. The van der Waals surface area contributed by atoms with Gasteiger partial charge in [0.2, 0.25) is 0 Å². The lowest BCUT2D eigenvalue weighted by molar-refractivity contribution is 0.0600. The summed E-state index contributed by atoms with van der Waals surface area (Å²) in [7, 11) is 1.38. The summed E-state index contributed by atoms with van der Waals surface area (Å²) in [4.78, 5) is 31.9. The number of hydrogen-bond donors (Lipinski definition) is 1. The van der Waals surface area contributed by atoms with Crippen molar-refractivity contribution in [1.82, 2.24) is 19.6 Å². The van der Waals surface area contributed by atoms with E-state index in [0.717, 1.165) is 31.5 Å². The van der Waals surface area contributed by atoms with Crippen LogP contribution in [0.5, 0.6) is 5.75 Å². The van der Waals surface area contributed by atoms with Crippen molar-refractivity contribution in [3.05, 3.63) is 65.1 Å². The fraction of sp³-hybridized carbons (Fsp3) is 0.400. The van der Waals surface area contributed by atoms with Crippen LogP contribution in [0.1, 0.15) is 51.9 Å². The van der Waals surface area contributed by atoms with Crippen LogP contribution in [0.4, 0.5) is 0 Å². The molecule has 1 aromatic carbocycles. The topological polar surface area (TPSA) is 85.2 Å². The van der Waals surface area contributed by atoms with Gasteiger partial charge in [-0.1, -0.05) is 12.1 Å². The van der Waals surface area contributed by atoms with Gasteiger partial charge in [-0.2, -0.15) is 0 Å². The minimum atomic E-state index is -0.337. The van der Waals surface area contributed by atoms with Gasteiger partial charge in [0.25, 0.3) is 5.91 Å². The van der Waals surface area contributed by atoms with Crippen molar-refractivity contribution >= 4 is 17.5 Å². The van der Waals surface area contributed by atoms with Crippen LogP contribution in [-0.4, -0.2) is 59.0 Å². The number of ether oxygens (including phenoxy) is 2. The summed E-state index contributed by atoms with van der Waals surface area (Å²) < 4.78 is 12.3. The Kier molecular flexibility index (Phi) is 6.93. The predicted octanol–water partition coefficient (Wildman–Crippen LogP) is 3.22. The van der Waals surface area contributed by atoms with Gasteiger partial charge in [0, 0.05) is 25.3 Å². The number of amides is 1. The first-order valence-corrected chi connectivity index (χ1v) is 11.3. The third-order valence-corrected chi connectivity index (χ3v) is 5.90. The number of piperidine rings is 1.